The predicted octanol–water partition coefficient (Wildman–Crippen LogP) is 4.26. The van der Waals surface area contributed by atoms with Gasteiger partial charge in [0.15, 0.2) is 11.5 Å². The number of benzene rings is 2. The second kappa shape index (κ2) is 8.36. The van der Waals surface area contributed by atoms with Gasteiger partial charge in [-0.1, -0.05) is 28.1 Å². The number of halogens is 1. The maximum absolute atomic E-state index is 12.6. The van der Waals surface area contributed by atoms with Gasteiger partial charge in [-0.25, -0.2) is 0 Å². The lowest BCUT2D eigenvalue weighted by Gasteiger charge is -2.10. The van der Waals surface area contributed by atoms with Gasteiger partial charge < -0.3 is 14.2 Å². The minimum Gasteiger partial charge on any atom is -0.497 e. The average molecular weight is 402 g/mol. The van der Waals surface area contributed by atoms with E-state index in [-0.39, 0.29) is 11.4 Å². The topological polar surface area (TPSA) is 68.6 Å². The monoisotopic (exact) mass is 401 g/mol. The zero-order valence-corrected chi connectivity index (χ0v) is 15.6. The molecule has 0 fully saturated rings. The van der Waals surface area contributed by atoms with Crippen LogP contribution in [0.1, 0.15) is 15.9 Å². The van der Waals surface area contributed by atoms with Gasteiger partial charge >= 0.3 is 0 Å². The minimum absolute atomic E-state index is 0.00109. The van der Waals surface area contributed by atoms with E-state index in [1.807, 2.05) is 6.07 Å². The number of rotatable bonds is 6. The lowest BCUT2D eigenvalue weighted by atomic mass is 10.0. The molecule has 0 aliphatic rings. The van der Waals surface area contributed by atoms with Crippen molar-refractivity contribution in [1.29, 1.82) is 5.26 Å². The average Bonchev–Trinajstić information content (AvgIpc) is 2.66. The first-order valence-corrected chi connectivity index (χ1v) is 8.05. The summed E-state index contributed by atoms with van der Waals surface area (Å²) in [5, 5.41) is 9.42. The van der Waals surface area contributed by atoms with Crippen LogP contribution >= 0.6 is 15.9 Å². The number of ether oxygens (including phenoxy) is 3. The number of ketones is 1. The van der Waals surface area contributed by atoms with Crippen molar-refractivity contribution in [2.75, 3.05) is 21.3 Å². The van der Waals surface area contributed by atoms with E-state index in [0.29, 0.717) is 32.8 Å². The minimum atomic E-state index is -0.386. The fourth-order valence-electron chi connectivity index (χ4n) is 2.20. The normalized spacial score (nSPS) is 10.8. The summed E-state index contributed by atoms with van der Waals surface area (Å²) in [5.41, 5.74) is 1.01. The third kappa shape index (κ3) is 4.20. The fraction of sp³-hybridized carbons (Fsp3) is 0.158. The highest BCUT2D eigenvalue weighted by molar-refractivity contribution is 9.10. The summed E-state index contributed by atoms with van der Waals surface area (Å²) in [7, 11) is 4.57. The molecule has 0 saturated heterocycles. The molecule has 0 bridgehead atoms. The van der Waals surface area contributed by atoms with E-state index < -0.39 is 0 Å². The molecule has 0 aliphatic heterocycles. The van der Waals surface area contributed by atoms with E-state index in [0.717, 1.165) is 0 Å². The maximum Gasteiger partial charge on any atom is 0.203 e. The lowest BCUT2D eigenvalue weighted by molar-refractivity contribution is 0.103. The molecular formula is C19H16BrNO4. The molecule has 2 rings (SSSR count). The zero-order chi connectivity index (χ0) is 18.4. The Balaban J connectivity index is 2.46. The van der Waals surface area contributed by atoms with Gasteiger partial charge in [0.1, 0.15) is 17.4 Å². The summed E-state index contributed by atoms with van der Waals surface area (Å²) < 4.78 is 16.3. The van der Waals surface area contributed by atoms with Crippen LogP contribution in [0.15, 0.2) is 46.4 Å². The molecule has 128 valence electrons. The lowest BCUT2D eigenvalue weighted by Crippen LogP contribution is -2.02. The van der Waals surface area contributed by atoms with Crippen LogP contribution in [0.25, 0.3) is 6.08 Å². The van der Waals surface area contributed by atoms with Crippen LogP contribution < -0.4 is 14.2 Å². The molecule has 0 N–H and O–H groups in total. The number of hydrogen-bond acceptors (Lipinski definition) is 5. The molecule has 6 heteroatoms. The van der Waals surface area contributed by atoms with Crippen LogP contribution in [0.4, 0.5) is 0 Å². The number of nitriles is 1. The number of allylic oxidation sites excluding steroid dienone is 1. The number of hydrogen-bond donors (Lipinski definition) is 0. The zero-order valence-electron chi connectivity index (χ0n) is 14.0. The summed E-state index contributed by atoms with van der Waals surface area (Å²) in [4.78, 5) is 12.6. The van der Waals surface area contributed by atoms with Crippen LogP contribution in [0.2, 0.25) is 0 Å². The Bertz CT molecular complexity index is 868. The first-order valence-electron chi connectivity index (χ1n) is 7.26. The fourth-order valence-corrected chi connectivity index (χ4v) is 2.64. The number of Topliss-reactive ketones (excluding diaryl/α,β-unsaturated/α-hetero) is 1. The Morgan fingerprint density at radius 2 is 1.76 bits per heavy atom. The molecule has 0 heterocycles. The quantitative estimate of drug-likeness (QED) is 0.410. The van der Waals surface area contributed by atoms with Crippen LogP contribution in [-0.2, 0) is 0 Å². The van der Waals surface area contributed by atoms with Gasteiger partial charge in [0, 0.05) is 10.0 Å². The summed E-state index contributed by atoms with van der Waals surface area (Å²) >= 11 is 3.42. The van der Waals surface area contributed by atoms with Gasteiger partial charge in [-0.05, 0) is 35.9 Å². The van der Waals surface area contributed by atoms with Crippen LogP contribution in [0, 0.1) is 11.3 Å². The largest absolute Gasteiger partial charge is 0.497 e. The Labute approximate surface area is 154 Å². The van der Waals surface area contributed by atoms with Crippen molar-refractivity contribution < 1.29 is 19.0 Å². The molecule has 2 aromatic carbocycles. The summed E-state index contributed by atoms with van der Waals surface area (Å²) in [6, 6.07) is 12.0. The molecule has 5 nitrogen and oxygen atoms in total. The van der Waals surface area contributed by atoms with Crippen molar-refractivity contribution in [2.24, 2.45) is 0 Å². The molecule has 0 aromatic heterocycles. The molecule has 0 radical (unpaired) electrons. The number of carbonyl (C=O) groups is 1. The second-order valence-corrected chi connectivity index (χ2v) is 5.81. The van der Waals surface area contributed by atoms with Gasteiger partial charge in [-0.15, -0.1) is 0 Å². The highest BCUT2D eigenvalue weighted by Crippen LogP contribution is 2.34. The predicted molar refractivity (Wildman–Crippen MR) is 98.2 cm³/mol. The standard InChI is InChI=1S/C19H16BrNO4/c1-23-15-6-4-5-12(8-15)19(22)14(11-21)7-13-9-17(24-2)18(25-3)10-16(13)20/h4-10H,1-3H3. The first-order chi connectivity index (χ1) is 12.0. The highest BCUT2D eigenvalue weighted by Gasteiger charge is 2.15. The van der Waals surface area contributed by atoms with Gasteiger partial charge in [-0.2, -0.15) is 5.26 Å². The third-order valence-electron chi connectivity index (χ3n) is 3.50. The van der Waals surface area contributed by atoms with Gasteiger partial charge in [0.25, 0.3) is 0 Å². The molecule has 0 spiro atoms. The van der Waals surface area contributed by atoms with Crippen molar-refractivity contribution in [1.82, 2.24) is 0 Å². The molecule has 0 saturated carbocycles. The van der Waals surface area contributed by atoms with E-state index in [2.05, 4.69) is 15.9 Å². The molecule has 0 amide bonds. The molecule has 0 atom stereocenters. The van der Waals surface area contributed by atoms with Gasteiger partial charge in [0.2, 0.25) is 5.78 Å². The first kappa shape index (κ1) is 18.6. The Morgan fingerprint density at radius 1 is 1.08 bits per heavy atom. The number of carbonyl (C=O) groups excluding carboxylic acids is 1. The summed E-state index contributed by atoms with van der Waals surface area (Å²) in [6.07, 6.45) is 1.51. The van der Waals surface area contributed by atoms with Gasteiger partial charge in [0.05, 0.1) is 21.3 Å². The number of nitrogens with zero attached hydrogens (tertiary/aromatic N) is 1. The second-order valence-electron chi connectivity index (χ2n) is 4.96. The van der Waals surface area contributed by atoms with Crippen LogP contribution in [0.5, 0.6) is 17.2 Å². The van der Waals surface area contributed by atoms with Crippen molar-refractivity contribution in [2.45, 2.75) is 0 Å². The van der Waals surface area contributed by atoms with E-state index in [4.69, 9.17) is 14.2 Å². The van der Waals surface area contributed by atoms with Crippen molar-refractivity contribution in [3.8, 4) is 23.3 Å². The van der Waals surface area contributed by atoms with Crippen molar-refractivity contribution in [3.05, 3.63) is 57.6 Å². The van der Waals surface area contributed by atoms with Crippen molar-refractivity contribution >= 4 is 27.8 Å². The van der Waals surface area contributed by atoms with Crippen molar-refractivity contribution in [3.63, 3.8) is 0 Å². The maximum atomic E-state index is 12.6. The number of methoxy groups -OCH3 is 3. The Morgan fingerprint density at radius 3 is 2.36 bits per heavy atom. The Kier molecular flexibility index (Phi) is 6.20. The molecular weight excluding hydrogens is 386 g/mol. The Hall–Kier alpha value is -2.78. The molecule has 2 aromatic rings. The van der Waals surface area contributed by atoms with E-state index >= 15 is 0 Å². The van der Waals surface area contributed by atoms with Crippen LogP contribution in [-0.4, -0.2) is 27.1 Å². The smallest absolute Gasteiger partial charge is 0.203 e. The molecule has 0 unspecified atom stereocenters. The summed E-state index contributed by atoms with van der Waals surface area (Å²) in [6.45, 7) is 0. The molecule has 0 aliphatic carbocycles. The highest BCUT2D eigenvalue weighted by atomic mass is 79.9. The SMILES string of the molecule is COc1cccc(C(=O)C(C#N)=Cc2cc(OC)c(OC)cc2Br)c1. The third-order valence-corrected chi connectivity index (χ3v) is 4.19. The van der Waals surface area contributed by atoms with Gasteiger partial charge in [-0.3, -0.25) is 4.79 Å². The molecule has 25 heavy (non-hydrogen) atoms. The van der Waals surface area contributed by atoms with E-state index in [1.165, 1.54) is 27.4 Å². The summed E-state index contributed by atoms with van der Waals surface area (Å²) in [5.74, 6) is 1.21. The van der Waals surface area contributed by atoms with Crippen LogP contribution in [0.3, 0.4) is 0 Å². The van der Waals surface area contributed by atoms with E-state index in [1.54, 1.807) is 36.4 Å². The van der Waals surface area contributed by atoms with E-state index in [9.17, 15) is 10.1 Å².